The van der Waals surface area contributed by atoms with Crippen molar-refractivity contribution in [2.24, 2.45) is 11.3 Å². The van der Waals surface area contributed by atoms with Crippen molar-refractivity contribution in [3.8, 4) is 0 Å². The summed E-state index contributed by atoms with van der Waals surface area (Å²) in [5.74, 6) is 0.942. The van der Waals surface area contributed by atoms with Crippen molar-refractivity contribution in [3.63, 3.8) is 0 Å². The highest BCUT2D eigenvalue weighted by molar-refractivity contribution is 5.85. The Morgan fingerprint density at radius 1 is 1.43 bits per heavy atom. The Labute approximate surface area is 85.8 Å². The summed E-state index contributed by atoms with van der Waals surface area (Å²) in [4.78, 5) is 13.8. The van der Waals surface area contributed by atoms with Crippen molar-refractivity contribution in [2.45, 2.75) is 25.7 Å². The minimum Gasteiger partial charge on any atom is -0.348 e. The summed E-state index contributed by atoms with van der Waals surface area (Å²) in [5, 5.41) is 3.40. The molecular weight excluding hydrogens is 176 g/mol. The topological polar surface area (TPSA) is 32.3 Å². The lowest BCUT2D eigenvalue weighted by molar-refractivity contribution is -0.136. The molecule has 1 saturated carbocycles. The van der Waals surface area contributed by atoms with Crippen molar-refractivity contribution in [1.82, 2.24) is 10.2 Å². The predicted molar refractivity (Wildman–Crippen MR) is 56.0 cm³/mol. The number of nitrogens with zero attached hydrogens (tertiary/aromatic N) is 1. The molecule has 14 heavy (non-hydrogen) atoms. The summed E-state index contributed by atoms with van der Waals surface area (Å²) >= 11 is 0. The first-order valence-electron chi connectivity index (χ1n) is 5.59. The Kier molecular flexibility index (Phi) is 2.52. The molecule has 0 aromatic rings. The number of piperidine rings is 1. The van der Waals surface area contributed by atoms with Crippen LogP contribution in [0.3, 0.4) is 0 Å². The normalized spacial score (nSPS) is 29.7. The van der Waals surface area contributed by atoms with Gasteiger partial charge in [0.05, 0.1) is 5.41 Å². The minimum atomic E-state index is 0.0247. The van der Waals surface area contributed by atoms with Crippen LogP contribution in [0.2, 0.25) is 0 Å². The second-order valence-corrected chi connectivity index (χ2v) is 4.90. The van der Waals surface area contributed by atoms with Crippen LogP contribution >= 0.6 is 0 Å². The first kappa shape index (κ1) is 9.97. The third-order valence-electron chi connectivity index (χ3n) is 3.70. The molecule has 1 heterocycles. The molecule has 1 aliphatic heterocycles. The van der Waals surface area contributed by atoms with Crippen molar-refractivity contribution in [1.29, 1.82) is 0 Å². The maximum Gasteiger partial charge on any atom is 0.228 e. The lowest BCUT2D eigenvalue weighted by atomic mass is 9.82. The first-order valence-corrected chi connectivity index (χ1v) is 5.59. The second kappa shape index (κ2) is 3.54. The standard InChI is InChI=1S/C11H20N2O/c1-13(2)10(14)11(5-6-11)9-4-3-7-12-8-9/h9,12H,3-8H2,1-2H3. The van der Waals surface area contributed by atoms with E-state index in [4.69, 9.17) is 0 Å². The van der Waals surface area contributed by atoms with E-state index in [1.165, 1.54) is 12.8 Å². The molecule has 1 unspecified atom stereocenters. The second-order valence-electron chi connectivity index (χ2n) is 4.90. The number of hydrogen-bond donors (Lipinski definition) is 1. The van der Waals surface area contributed by atoms with Gasteiger partial charge in [-0.15, -0.1) is 0 Å². The Hall–Kier alpha value is -0.570. The SMILES string of the molecule is CN(C)C(=O)C1(C2CCCNC2)CC1. The Morgan fingerprint density at radius 3 is 2.57 bits per heavy atom. The van der Waals surface area contributed by atoms with Gasteiger partial charge in [0.2, 0.25) is 5.91 Å². The van der Waals surface area contributed by atoms with E-state index in [0.717, 1.165) is 25.9 Å². The molecule has 1 aliphatic carbocycles. The molecule has 1 saturated heterocycles. The van der Waals surface area contributed by atoms with Gasteiger partial charge in [0.15, 0.2) is 0 Å². The van der Waals surface area contributed by atoms with Gasteiger partial charge in [0.1, 0.15) is 0 Å². The van der Waals surface area contributed by atoms with Gasteiger partial charge < -0.3 is 10.2 Å². The molecule has 0 radical (unpaired) electrons. The number of carbonyl (C=O) groups excluding carboxylic acids is 1. The summed E-state index contributed by atoms with van der Waals surface area (Å²) in [6.07, 6.45) is 4.67. The van der Waals surface area contributed by atoms with Gasteiger partial charge in [-0.05, 0) is 44.7 Å². The molecule has 80 valence electrons. The van der Waals surface area contributed by atoms with Gasteiger partial charge in [-0.3, -0.25) is 4.79 Å². The fraction of sp³-hybridized carbons (Fsp3) is 0.909. The maximum atomic E-state index is 12.0. The zero-order valence-electron chi connectivity index (χ0n) is 9.18. The van der Waals surface area contributed by atoms with Crippen LogP contribution in [0.5, 0.6) is 0 Å². The molecule has 3 nitrogen and oxygen atoms in total. The molecule has 3 heteroatoms. The zero-order valence-corrected chi connectivity index (χ0v) is 9.18. The molecule has 2 aliphatic rings. The number of amides is 1. The van der Waals surface area contributed by atoms with Gasteiger partial charge in [0.25, 0.3) is 0 Å². The average molecular weight is 196 g/mol. The van der Waals surface area contributed by atoms with E-state index in [9.17, 15) is 4.79 Å². The van der Waals surface area contributed by atoms with Crippen LogP contribution in [0.15, 0.2) is 0 Å². The van der Waals surface area contributed by atoms with Crippen LogP contribution < -0.4 is 5.32 Å². The van der Waals surface area contributed by atoms with E-state index < -0.39 is 0 Å². The highest BCUT2D eigenvalue weighted by Gasteiger charge is 2.55. The van der Waals surface area contributed by atoms with Crippen LogP contribution in [0, 0.1) is 11.3 Å². The molecule has 0 aromatic heterocycles. The van der Waals surface area contributed by atoms with Gasteiger partial charge in [-0.2, -0.15) is 0 Å². The van der Waals surface area contributed by atoms with Gasteiger partial charge in [-0.25, -0.2) is 0 Å². The smallest absolute Gasteiger partial charge is 0.228 e. The molecule has 0 bridgehead atoms. The Balaban J connectivity index is 2.04. The molecule has 0 spiro atoms. The summed E-state index contributed by atoms with van der Waals surface area (Å²) in [6, 6.07) is 0. The molecular formula is C11H20N2O. The number of rotatable bonds is 2. The molecule has 0 aromatic carbocycles. The largest absolute Gasteiger partial charge is 0.348 e. The van der Waals surface area contributed by atoms with E-state index in [2.05, 4.69) is 5.32 Å². The monoisotopic (exact) mass is 196 g/mol. The van der Waals surface area contributed by atoms with Crippen LogP contribution in [0.1, 0.15) is 25.7 Å². The lowest BCUT2D eigenvalue weighted by Gasteiger charge is -2.31. The Morgan fingerprint density at radius 2 is 2.14 bits per heavy atom. The minimum absolute atomic E-state index is 0.0247. The van der Waals surface area contributed by atoms with Crippen LogP contribution in [-0.4, -0.2) is 38.0 Å². The third kappa shape index (κ3) is 1.54. The van der Waals surface area contributed by atoms with Crippen molar-refractivity contribution in [3.05, 3.63) is 0 Å². The van der Waals surface area contributed by atoms with E-state index >= 15 is 0 Å². The van der Waals surface area contributed by atoms with Crippen molar-refractivity contribution >= 4 is 5.91 Å². The van der Waals surface area contributed by atoms with Crippen molar-refractivity contribution in [2.75, 3.05) is 27.2 Å². The maximum absolute atomic E-state index is 12.0. The highest BCUT2D eigenvalue weighted by Crippen LogP contribution is 2.54. The van der Waals surface area contributed by atoms with Gasteiger partial charge in [0, 0.05) is 14.1 Å². The van der Waals surface area contributed by atoms with E-state index in [1.807, 2.05) is 14.1 Å². The molecule has 2 fully saturated rings. The molecule has 1 atom stereocenters. The molecule has 1 amide bonds. The summed E-state index contributed by atoms with van der Waals surface area (Å²) < 4.78 is 0. The van der Waals surface area contributed by atoms with Crippen LogP contribution in [0.4, 0.5) is 0 Å². The lowest BCUT2D eigenvalue weighted by Crippen LogP contribution is -2.42. The number of nitrogens with one attached hydrogen (secondary N) is 1. The van der Waals surface area contributed by atoms with Gasteiger partial charge in [-0.1, -0.05) is 0 Å². The fourth-order valence-electron chi connectivity index (χ4n) is 2.70. The van der Waals surface area contributed by atoms with E-state index in [0.29, 0.717) is 11.8 Å². The van der Waals surface area contributed by atoms with Crippen molar-refractivity contribution < 1.29 is 4.79 Å². The number of hydrogen-bond acceptors (Lipinski definition) is 2. The quantitative estimate of drug-likeness (QED) is 0.710. The zero-order chi connectivity index (χ0) is 10.2. The summed E-state index contributed by atoms with van der Waals surface area (Å²) in [5.41, 5.74) is 0.0247. The van der Waals surface area contributed by atoms with Gasteiger partial charge >= 0.3 is 0 Å². The molecule has 1 N–H and O–H groups in total. The first-order chi connectivity index (χ1) is 6.67. The van der Waals surface area contributed by atoms with Crippen LogP contribution in [-0.2, 0) is 4.79 Å². The summed E-state index contributed by atoms with van der Waals surface area (Å²) in [6.45, 7) is 2.17. The average Bonchev–Trinajstić information content (AvgIpc) is 2.99. The molecule has 2 rings (SSSR count). The Bertz CT molecular complexity index is 227. The van der Waals surface area contributed by atoms with Crippen LogP contribution in [0.25, 0.3) is 0 Å². The van der Waals surface area contributed by atoms with E-state index in [-0.39, 0.29) is 5.41 Å². The highest BCUT2D eigenvalue weighted by atomic mass is 16.2. The predicted octanol–water partition coefficient (Wildman–Crippen LogP) is 0.854. The fourth-order valence-corrected chi connectivity index (χ4v) is 2.70. The summed E-state index contributed by atoms with van der Waals surface area (Å²) in [7, 11) is 3.75. The van der Waals surface area contributed by atoms with E-state index in [1.54, 1.807) is 4.90 Å². The third-order valence-corrected chi connectivity index (χ3v) is 3.70. The number of carbonyl (C=O) groups is 1.